The van der Waals surface area contributed by atoms with Gasteiger partial charge in [0.1, 0.15) is 11.2 Å². The normalized spacial score (nSPS) is 11.8. The first-order valence-corrected chi connectivity index (χ1v) is 18.3. The van der Waals surface area contributed by atoms with E-state index in [2.05, 4.69) is 182 Å². The highest BCUT2D eigenvalue weighted by Gasteiger charge is 2.20. The highest BCUT2D eigenvalue weighted by molar-refractivity contribution is 6.24. The van der Waals surface area contributed by atoms with Crippen LogP contribution in [-0.4, -0.2) is 0 Å². The molecule has 0 atom stereocenters. The molecule has 246 valence electrons. The topological polar surface area (TPSA) is 13.1 Å². The molecule has 0 radical (unpaired) electrons. The van der Waals surface area contributed by atoms with Crippen molar-refractivity contribution in [3.05, 3.63) is 194 Å². The van der Waals surface area contributed by atoms with Crippen molar-refractivity contribution < 1.29 is 4.42 Å². The molecule has 1 nitrogen and oxygen atoms in total. The highest BCUT2D eigenvalue weighted by Crippen LogP contribution is 2.48. The van der Waals surface area contributed by atoms with E-state index in [1.54, 1.807) is 0 Å². The molecule has 11 aromatic rings. The summed E-state index contributed by atoms with van der Waals surface area (Å²) in [5.74, 6) is 0. The molecule has 0 aliphatic heterocycles. The van der Waals surface area contributed by atoms with Crippen LogP contribution < -0.4 is 0 Å². The zero-order valence-electron chi connectivity index (χ0n) is 28.9. The third-order valence-electron chi connectivity index (χ3n) is 11.1. The molecule has 1 aromatic heterocycles. The van der Waals surface area contributed by atoms with Crippen molar-refractivity contribution >= 4 is 65.0 Å². The summed E-state index contributed by atoms with van der Waals surface area (Å²) in [6, 6.07) is 70.6. The average Bonchev–Trinajstić information content (AvgIpc) is 3.62. The largest absolute Gasteiger partial charge is 0.456 e. The predicted molar refractivity (Wildman–Crippen MR) is 225 cm³/mol. The van der Waals surface area contributed by atoms with Crippen molar-refractivity contribution in [1.29, 1.82) is 0 Å². The zero-order chi connectivity index (χ0) is 34.9. The van der Waals surface area contributed by atoms with Gasteiger partial charge in [-0.3, -0.25) is 0 Å². The van der Waals surface area contributed by atoms with Crippen LogP contribution in [-0.2, 0) is 0 Å². The second-order valence-corrected chi connectivity index (χ2v) is 13.9. The second-order valence-electron chi connectivity index (χ2n) is 13.9. The predicted octanol–water partition coefficient (Wildman–Crippen LogP) is 14.9. The summed E-state index contributed by atoms with van der Waals surface area (Å²) in [7, 11) is 0. The van der Waals surface area contributed by atoms with Gasteiger partial charge in [-0.1, -0.05) is 176 Å². The van der Waals surface area contributed by atoms with Crippen LogP contribution in [0.1, 0.15) is 0 Å². The van der Waals surface area contributed by atoms with Gasteiger partial charge in [0, 0.05) is 10.8 Å². The number of benzene rings is 10. The molecule has 0 aliphatic carbocycles. The number of rotatable bonds is 4. The van der Waals surface area contributed by atoms with E-state index in [-0.39, 0.29) is 0 Å². The fourth-order valence-electron chi connectivity index (χ4n) is 8.77. The highest BCUT2D eigenvalue weighted by atomic mass is 16.3. The first kappa shape index (κ1) is 29.7. The summed E-state index contributed by atoms with van der Waals surface area (Å²) in [6.45, 7) is 0. The molecule has 10 aromatic carbocycles. The van der Waals surface area contributed by atoms with E-state index in [9.17, 15) is 0 Å². The van der Waals surface area contributed by atoms with Crippen molar-refractivity contribution in [2.24, 2.45) is 0 Å². The summed E-state index contributed by atoms with van der Waals surface area (Å²) in [5.41, 5.74) is 11.6. The monoisotopic (exact) mass is 672 g/mol. The minimum Gasteiger partial charge on any atom is -0.456 e. The molecule has 0 bridgehead atoms. The standard InChI is InChI=1S/C52H32O/c1-2-15-36-35(14-1)32-47(39-17-4-3-16-38(36)39)40-18-5-6-19-41(40)51-44-22-9-7-20-42(44)50(43-21-8-10-23-45(43)51)34-30-28-33(29-31-34)37-25-13-27-49-52(37)46-24-11-12-26-48(46)53-49/h1-32H. The van der Waals surface area contributed by atoms with E-state index in [1.165, 1.54) is 87.6 Å². The molecule has 0 spiro atoms. The van der Waals surface area contributed by atoms with Gasteiger partial charge in [-0.15, -0.1) is 0 Å². The maximum Gasteiger partial charge on any atom is 0.136 e. The van der Waals surface area contributed by atoms with Gasteiger partial charge in [0.25, 0.3) is 0 Å². The molecule has 1 heterocycles. The summed E-state index contributed by atoms with van der Waals surface area (Å²) in [5, 5.41) is 12.4. The van der Waals surface area contributed by atoms with Crippen LogP contribution in [0.2, 0.25) is 0 Å². The smallest absolute Gasteiger partial charge is 0.136 e. The number of hydrogen-bond donors (Lipinski definition) is 0. The molecule has 11 rings (SSSR count). The van der Waals surface area contributed by atoms with Crippen molar-refractivity contribution in [2.45, 2.75) is 0 Å². The second kappa shape index (κ2) is 11.8. The van der Waals surface area contributed by atoms with Crippen molar-refractivity contribution in [1.82, 2.24) is 0 Å². The van der Waals surface area contributed by atoms with Crippen molar-refractivity contribution in [3.63, 3.8) is 0 Å². The zero-order valence-corrected chi connectivity index (χ0v) is 28.9. The van der Waals surface area contributed by atoms with Crippen molar-refractivity contribution in [2.75, 3.05) is 0 Å². The SMILES string of the molecule is c1ccc(-c2cc3ccccc3c3ccccc23)c(-c2c3ccccc3c(-c3ccc(-c4cccc5oc6ccccc6c45)cc3)c3ccccc23)c1. The molecule has 0 N–H and O–H groups in total. The number of furan rings is 1. The summed E-state index contributed by atoms with van der Waals surface area (Å²) in [4.78, 5) is 0. The third kappa shape index (κ3) is 4.58. The Balaban J connectivity index is 1.14. The Morgan fingerprint density at radius 1 is 0.264 bits per heavy atom. The van der Waals surface area contributed by atoms with Crippen LogP contribution in [0.4, 0.5) is 0 Å². The number of para-hydroxylation sites is 1. The van der Waals surface area contributed by atoms with Crippen LogP contribution >= 0.6 is 0 Å². The van der Waals surface area contributed by atoms with Gasteiger partial charge in [0.15, 0.2) is 0 Å². The Hall–Kier alpha value is -6.96. The van der Waals surface area contributed by atoms with E-state index >= 15 is 0 Å². The lowest BCUT2D eigenvalue weighted by Crippen LogP contribution is -1.93. The third-order valence-corrected chi connectivity index (χ3v) is 11.1. The fourth-order valence-corrected chi connectivity index (χ4v) is 8.77. The van der Waals surface area contributed by atoms with Gasteiger partial charge in [0.2, 0.25) is 0 Å². The first-order chi connectivity index (χ1) is 26.3. The molecule has 0 fully saturated rings. The van der Waals surface area contributed by atoms with Crippen LogP contribution in [0, 0.1) is 0 Å². The van der Waals surface area contributed by atoms with E-state index in [0.717, 1.165) is 21.9 Å². The minimum absolute atomic E-state index is 0.914. The molecule has 0 saturated carbocycles. The van der Waals surface area contributed by atoms with Crippen LogP contribution in [0.3, 0.4) is 0 Å². The van der Waals surface area contributed by atoms with Gasteiger partial charge < -0.3 is 4.42 Å². The Morgan fingerprint density at radius 2 is 0.755 bits per heavy atom. The van der Waals surface area contributed by atoms with E-state index in [1.807, 2.05) is 12.1 Å². The Labute approximate surface area is 307 Å². The molecule has 0 amide bonds. The van der Waals surface area contributed by atoms with Crippen LogP contribution in [0.5, 0.6) is 0 Å². The number of hydrogen-bond acceptors (Lipinski definition) is 1. The average molecular weight is 673 g/mol. The van der Waals surface area contributed by atoms with Gasteiger partial charge in [-0.2, -0.15) is 0 Å². The maximum atomic E-state index is 6.23. The molecule has 53 heavy (non-hydrogen) atoms. The van der Waals surface area contributed by atoms with Crippen LogP contribution in [0.25, 0.3) is 110 Å². The maximum absolute atomic E-state index is 6.23. The Kier molecular flexibility index (Phi) is 6.62. The molecular formula is C52H32O. The lowest BCUT2D eigenvalue weighted by atomic mass is 9.82. The fraction of sp³-hybridized carbons (Fsp3) is 0. The minimum atomic E-state index is 0.914. The Bertz CT molecular complexity index is 3160. The number of fused-ring (bicyclic) bond motifs is 8. The van der Waals surface area contributed by atoms with E-state index in [0.29, 0.717) is 0 Å². The first-order valence-electron chi connectivity index (χ1n) is 18.3. The quantitative estimate of drug-likeness (QED) is 0.134. The van der Waals surface area contributed by atoms with Crippen molar-refractivity contribution in [3.8, 4) is 44.5 Å². The molecule has 0 aliphatic rings. The summed E-state index contributed by atoms with van der Waals surface area (Å²) >= 11 is 0. The summed E-state index contributed by atoms with van der Waals surface area (Å²) in [6.07, 6.45) is 0. The lowest BCUT2D eigenvalue weighted by molar-refractivity contribution is 0.669. The van der Waals surface area contributed by atoms with Gasteiger partial charge in [0.05, 0.1) is 0 Å². The molecule has 0 unspecified atom stereocenters. The van der Waals surface area contributed by atoms with Gasteiger partial charge in [-0.05, 0) is 106 Å². The van der Waals surface area contributed by atoms with Gasteiger partial charge in [-0.25, -0.2) is 0 Å². The molecule has 1 heteroatoms. The van der Waals surface area contributed by atoms with E-state index in [4.69, 9.17) is 4.42 Å². The van der Waals surface area contributed by atoms with Gasteiger partial charge >= 0.3 is 0 Å². The van der Waals surface area contributed by atoms with E-state index < -0.39 is 0 Å². The lowest BCUT2D eigenvalue weighted by Gasteiger charge is -2.20. The molecular weight excluding hydrogens is 641 g/mol. The Morgan fingerprint density at radius 3 is 1.47 bits per heavy atom. The van der Waals surface area contributed by atoms with Crippen LogP contribution in [0.15, 0.2) is 199 Å². The summed E-state index contributed by atoms with van der Waals surface area (Å²) < 4.78 is 6.23. The molecule has 0 saturated heterocycles.